The first-order valence-electron chi connectivity index (χ1n) is 5.59. The Labute approximate surface area is 106 Å². The van der Waals surface area contributed by atoms with Gasteiger partial charge in [0.05, 0.1) is 6.61 Å². The van der Waals surface area contributed by atoms with Gasteiger partial charge in [0.15, 0.2) is 17.6 Å². The molecule has 5 nitrogen and oxygen atoms in total. The van der Waals surface area contributed by atoms with Crippen molar-refractivity contribution in [2.24, 2.45) is 10.2 Å². The van der Waals surface area contributed by atoms with E-state index in [0.717, 1.165) is 5.56 Å². The number of rotatable bonds is 7. The highest BCUT2D eigenvalue weighted by Crippen LogP contribution is 2.02. The molecule has 0 heterocycles. The lowest BCUT2D eigenvalue weighted by Gasteiger charge is -2.07. The van der Waals surface area contributed by atoms with Crippen LogP contribution in [0.1, 0.15) is 12.5 Å². The van der Waals surface area contributed by atoms with Gasteiger partial charge in [-0.2, -0.15) is 10.2 Å². The van der Waals surface area contributed by atoms with Crippen molar-refractivity contribution in [2.75, 3.05) is 13.7 Å². The molecule has 5 heteroatoms. The van der Waals surface area contributed by atoms with Crippen LogP contribution in [0.5, 0.6) is 0 Å². The van der Waals surface area contributed by atoms with Crippen molar-refractivity contribution in [2.45, 2.75) is 19.6 Å². The summed E-state index contributed by atoms with van der Waals surface area (Å²) in [5.74, 6) is -0.696. The Kier molecular flexibility index (Phi) is 5.87. The zero-order chi connectivity index (χ0) is 13.4. The first-order chi connectivity index (χ1) is 8.65. The fourth-order valence-electron chi connectivity index (χ4n) is 1.41. The van der Waals surface area contributed by atoms with Crippen LogP contribution in [-0.2, 0) is 20.9 Å². The van der Waals surface area contributed by atoms with Crippen molar-refractivity contribution < 1.29 is 14.3 Å². The maximum Gasteiger partial charge on any atom is 0.192 e. The molecule has 0 saturated heterocycles. The molecule has 0 radical (unpaired) electrons. The molecule has 0 spiro atoms. The van der Waals surface area contributed by atoms with Gasteiger partial charge in [0.1, 0.15) is 6.61 Å². The fraction of sp³-hybridized carbons (Fsp3) is 0.385. The standard InChI is InChI=1S/C13H16N2O3/c1-10(16)13(15-14-2)12(17)9-18-8-11-6-4-3-5-7-11/h3-7,13H,8-9H2,1-2H3. The summed E-state index contributed by atoms with van der Waals surface area (Å²) in [4.78, 5) is 22.8. The Morgan fingerprint density at radius 1 is 1.28 bits per heavy atom. The third-order valence-corrected chi connectivity index (χ3v) is 2.28. The lowest BCUT2D eigenvalue weighted by molar-refractivity contribution is -0.131. The van der Waals surface area contributed by atoms with Crippen LogP contribution in [-0.4, -0.2) is 31.3 Å². The number of ketones is 2. The number of hydrogen-bond acceptors (Lipinski definition) is 5. The number of Topliss-reactive ketones (excluding diaryl/α,β-unsaturated/α-hetero) is 2. The van der Waals surface area contributed by atoms with Crippen LogP contribution in [0.2, 0.25) is 0 Å². The molecule has 96 valence electrons. The first-order valence-corrected chi connectivity index (χ1v) is 5.59. The average Bonchev–Trinajstić information content (AvgIpc) is 2.36. The predicted molar refractivity (Wildman–Crippen MR) is 66.4 cm³/mol. The van der Waals surface area contributed by atoms with Gasteiger partial charge < -0.3 is 4.74 Å². The van der Waals surface area contributed by atoms with Gasteiger partial charge in [-0.25, -0.2) is 0 Å². The lowest BCUT2D eigenvalue weighted by Crippen LogP contribution is -2.29. The number of benzene rings is 1. The second-order valence-electron chi connectivity index (χ2n) is 3.77. The summed E-state index contributed by atoms with van der Waals surface area (Å²) in [6, 6.07) is 8.46. The van der Waals surface area contributed by atoms with Crippen molar-refractivity contribution in [3.63, 3.8) is 0 Å². The largest absolute Gasteiger partial charge is 0.369 e. The average molecular weight is 248 g/mol. The number of ether oxygens (including phenoxy) is 1. The van der Waals surface area contributed by atoms with E-state index in [9.17, 15) is 9.59 Å². The predicted octanol–water partition coefficient (Wildman–Crippen LogP) is 1.81. The molecule has 0 amide bonds. The highest BCUT2D eigenvalue weighted by molar-refractivity contribution is 6.06. The van der Waals surface area contributed by atoms with E-state index in [0.29, 0.717) is 6.61 Å². The van der Waals surface area contributed by atoms with Gasteiger partial charge in [0, 0.05) is 7.05 Å². The van der Waals surface area contributed by atoms with Gasteiger partial charge in [-0.15, -0.1) is 0 Å². The summed E-state index contributed by atoms with van der Waals surface area (Å²) in [7, 11) is 1.42. The zero-order valence-electron chi connectivity index (χ0n) is 10.5. The van der Waals surface area contributed by atoms with E-state index >= 15 is 0 Å². The third-order valence-electron chi connectivity index (χ3n) is 2.28. The van der Waals surface area contributed by atoms with E-state index < -0.39 is 6.04 Å². The second-order valence-corrected chi connectivity index (χ2v) is 3.77. The van der Waals surface area contributed by atoms with Crippen LogP contribution in [0.15, 0.2) is 40.6 Å². The topological polar surface area (TPSA) is 68.1 Å². The number of carbonyl (C=O) groups is 2. The monoisotopic (exact) mass is 248 g/mol. The molecule has 1 rings (SSSR count). The SMILES string of the molecule is CN=NC(C(C)=O)C(=O)COCc1ccccc1. The number of hydrogen-bond donors (Lipinski definition) is 0. The van der Waals surface area contributed by atoms with Gasteiger partial charge in [0.2, 0.25) is 0 Å². The molecule has 1 unspecified atom stereocenters. The van der Waals surface area contributed by atoms with Gasteiger partial charge in [0.25, 0.3) is 0 Å². The summed E-state index contributed by atoms with van der Waals surface area (Å²) in [6.45, 7) is 1.51. The van der Waals surface area contributed by atoms with Gasteiger partial charge in [-0.05, 0) is 12.5 Å². The molecule has 0 fully saturated rings. The third kappa shape index (κ3) is 4.55. The van der Waals surface area contributed by atoms with Crippen LogP contribution < -0.4 is 0 Å². The maximum absolute atomic E-state index is 11.7. The van der Waals surface area contributed by atoms with E-state index in [1.807, 2.05) is 30.3 Å². The minimum Gasteiger partial charge on any atom is -0.369 e. The summed E-state index contributed by atoms with van der Waals surface area (Å²) < 4.78 is 5.26. The molecular weight excluding hydrogens is 232 g/mol. The van der Waals surface area contributed by atoms with Crippen molar-refractivity contribution in [1.29, 1.82) is 0 Å². The van der Waals surface area contributed by atoms with Crippen LogP contribution in [0.25, 0.3) is 0 Å². The molecule has 0 saturated carbocycles. The highest BCUT2D eigenvalue weighted by Gasteiger charge is 2.22. The summed E-state index contributed by atoms with van der Waals surface area (Å²) in [6.07, 6.45) is 0. The van der Waals surface area contributed by atoms with Gasteiger partial charge in [-0.3, -0.25) is 9.59 Å². The molecule has 1 aromatic rings. The van der Waals surface area contributed by atoms with Gasteiger partial charge >= 0.3 is 0 Å². The van der Waals surface area contributed by atoms with E-state index in [4.69, 9.17) is 4.74 Å². The lowest BCUT2D eigenvalue weighted by atomic mass is 10.1. The fourth-order valence-corrected chi connectivity index (χ4v) is 1.41. The molecule has 0 aliphatic heterocycles. The molecule has 0 aromatic heterocycles. The Morgan fingerprint density at radius 3 is 2.50 bits per heavy atom. The minimum absolute atomic E-state index is 0.141. The van der Waals surface area contributed by atoms with Gasteiger partial charge in [-0.1, -0.05) is 30.3 Å². The van der Waals surface area contributed by atoms with Crippen molar-refractivity contribution in [1.82, 2.24) is 0 Å². The quantitative estimate of drug-likeness (QED) is 0.546. The van der Waals surface area contributed by atoms with Crippen molar-refractivity contribution in [3.8, 4) is 0 Å². The molecule has 0 N–H and O–H groups in total. The second kappa shape index (κ2) is 7.45. The number of nitrogens with zero attached hydrogens (tertiary/aromatic N) is 2. The molecule has 1 atom stereocenters. The van der Waals surface area contributed by atoms with E-state index in [-0.39, 0.29) is 18.2 Å². The van der Waals surface area contributed by atoms with E-state index in [1.54, 1.807) is 0 Å². The molecule has 0 aliphatic carbocycles. The summed E-state index contributed by atoms with van der Waals surface area (Å²) in [5.41, 5.74) is 0.974. The number of carbonyl (C=O) groups excluding carboxylic acids is 2. The maximum atomic E-state index is 11.7. The van der Waals surface area contributed by atoms with Crippen LogP contribution in [0.3, 0.4) is 0 Å². The van der Waals surface area contributed by atoms with Crippen molar-refractivity contribution in [3.05, 3.63) is 35.9 Å². The highest BCUT2D eigenvalue weighted by atomic mass is 16.5. The summed E-state index contributed by atoms with van der Waals surface area (Å²) in [5, 5.41) is 7.07. The Balaban J connectivity index is 2.43. The molecule has 18 heavy (non-hydrogen) atoms. The smallest absolute Gasteiger partial charge is 0.192 e. The Hall–Kier alpha value is -1.88. The minimum atomic E-state index is -1.04. The van der Waals surface area contributed by atoms with E-state index in [2.05, 4.69) is 10.2 Å². The van der Waals surface area contributed by atoms with Crippen LogP contribution in [0.4, 0.5) is 0 Å². The molecule has 0 bridgehead atoms. The van der Waals surface area contributed by atoms with Crippen molar-refractivity contribution >= 4 is 11.6 Å². The molecule has 0 aliphatic rings. The van der Waals surface area contributed by atoms with Crippen LogP contribution >= 0.6 is 0 Å². The van der Waals surface area contributed by atoms with E-state index in [1.165, 1.54) is 14.0 Å². The molecule has 1 aromatic carbocycles. The normalized spacial score (nSPS) is 12.6. The van der Waals surface area contributed by atoms with Crippen LogP contribution in [0, 0.1) is 0 Å². The number of azo groups is 1. The Morgan fingerprint density at radius 2 is 1.94 bits per heavy atom. The molecular formula is C13H16N2O3. The Bertz CT molecular complexity index is 429. The summed E-state index contributed by atoms with van der Waals surface area (Å²) >= 11 is 0. The first kappa shape index (κ1) is 14.2. The zero-order valence-corrected chi connectivity index (χ0v) is 10.5.